The van der Waals surface area contributed by atoms with Gasteiger partial charge in [-0.2, -0.15) is 0 Å². The van der Waals surface area contributed by atoms with Gasteiger partial charge in [-0.25, -0.2) is 9.59 Å². The third kappa shape index (κ3) is 2.84. The minimum absolute atomic E-state index is 0.0521. The van der Waals surface area contributed by atoms with Crippen LogP contribution in [0.2, 0.25) is 0 Å². The summed E-state index contributed by atoms with van der Waals surface area (Å²) < 4.78 is 16.3. The van der Waals surface area contributed by atoms with Crippen LogP contribution >= 0.6 is 0 Å². The van der Waals surface area contributed by atoms with Crippen molar-refractivity contribution in [3.05, 3.63) is 34.9 Å². The number of hydrogen-bond donors (Lipinski definition) is 2. The fourth-order valence-corrected chi connectivity index (χ4v) is 3.79. The standard InChI is InChI=1S/C18H20O7/c1-8(9-4-10(23-2)6-11(5-9)24-3)12-7-13-14(17(19)20)15(18(21)22)16(12)25-13/h4-6,8,12-13,16H,7H2,1-3H3,(H,19,20)(H,21,22). The first-order valence-corrected chi connectivity index (χ1v) is 7.96. The van der Waals surface area contributed by atoms with Crippen molar-refractivity contribution in [3.63, 3.8) is 0 Å². The second-order valence-electron chi connectivity index (χ2n) is 6.32. The zero-order chi connectivity index (χ0) is 18.3. The lowest BCUT2D eigenvalue weighted by molar-refractivity contribution is -0.136. The molecule has 0 spiro atoms. The highest BCUT2D eigenvalue weighted by Gasteiger charge is 2.53. The molecule has 0 aliphatic carbocycles. The van der Waals surface area contributed by atoms with Crippen molar-refractivity contribution < 1.29 is 34.0 Å². The molecule has 1 saturated heterocycles. The van der Waals surface area contributed by atoms with E-state index >= 15 is 0 Å². The molecule has 4 unspecified atom stereocenters. The Labute approximate surface area is 144 Å². The van der Waals surface area contributed by atoms with Gasteiger partial charge in [0, 0.05) is 6.07 Å². The molecule has 1 fully saturated rings. The lowest BCUT2D eigenvalue weighted by Crippen LogP contribution is -2.30. The highest BCUT2D eigenvalue weighted by atomic mass is 16.5. The summed E-state index contributed by atoms with van der Waals surface area (Å²) in [6.07, 6.45) is -0.918. The zero-order valence-electron chi connectivity index (χ0n) is 14.2. The molecule has 25 heavy (non-hydrogen) atoms. The predicted octanol–water partition coefficient (Wildman–Crippen LogP) is 2.06. The van der Waals surface area contributed by atoms with Gasteiger partial charge in [0.2, 0.25) is 0 Å². The molecule has 2 aliphatic heterocycles. The molecule has 134 valence electrons. The van der Waals surface area contributed by atoms with Gasteiger partial charge in [0.1, 0.15) is 11.5 Å². The van der Waals surface area contributed by atoms with E-state index in [4.69, 9.17) is 14.2 Å². The van der Waals surface area contributed by atoms with Crippen LogP contribution in [0.4, 0.5) is 0 Å². The molecule has 0 aromatic heterocycles. The average molecular weight is 348 g/mol. The highest BCUT2D eigenvalue weighted by Crippen LogP contribution is 2.49. The van der Waals surface area contributed by atoms with Gasteiger partial charge in [-0.05, 0) is 36.0 Å². The van der Waals surface area contributed by atoms with Crippen molar-refractivity contribution in [3.8, 4) is 11.5 Å². The van der Waals surface area contributed by atoms with E-state index in [0.29, 0.717) is 17.9 Å². The van der Waals surface area contributed by atoms with Crippen LogP contribution < -0.4 is 9.47 Å². The number of methoxy groups -OCH3 is 2. The number of hydrogen-bond acceptors (Lipinski definition) is 5. The Bertz CT molecular complexity index is 730. The molecule has 1 aromatic carbocycles. The van der Waals surface area contributed by atoms with Gasteiger partial charge in [-0.15, -0.1) is 0 Å². The normalized spacial score (nSPS) is 25.8. The molecule has 7 nitrogen and oxygen atoms in total. The Morgan fingerprint density at radius 1 is 1.08 bits per heavy atom. The topological polar surface area (TPSA) is 102 Å². The van der Waals surface area contributed by atoms with Gasteiger partial charge in [0.15, 0.2) is 0 Å². The van der Waals surface area contributed by atoms with Gasteiger partial charge in [0.25, 0.3) is 0 Å². The van der Waals surface area contributed by atoms with Gasteiger partial charge in [-0.3, -0.25) is 0 Å². The maximum absolute atomic E-state index is 11.6. The third-order valence-corrected chi connectivity index (χ3v) is 5.09. The fourth-order valence-electron chi connectivity index (χ4n) is 3.79. The number of carboxylic acids is 2. The van der Waals surface area contributed by atoms with E-state index in [2.05, 4.69) is 0 Å². The van der Waals surface area contributed by atoms with Gasteiger partial charge >= 0.3 is 11.9 Å². The molecule has 1 aromatic rings. The van der Waals surface area contributed by atoms with Crippen LogP contribution in [0, 0.1) is 5.92 Å². The van der Waals surface area contributed by atoms with E-state index in [1.165, 1.54) is 0 Å². The van der Waals surface area contributed by atoms with Crippen LogP contribution in [0.1, 0.15) is 24.8 Å². The summed E-state index contributed by atoms with van der Waals surface area (Å²) in [5.74, 6) is -1.35. The summed E-state index contributed by atoms with van der Waals surface area (Å²) in [5, 5.41) is 18.7. The zero-order valence-corrected chi connectivity index (χ0v) is 14.2. The lowest BCUT2D eigenvalue weighted by Gasteiger charge is -2.27. The molecule has 0 amide bonds. The van der Waals surface area contributed by atoms with E-state index in [0.717, 1.165) is 5.56 Å². The van der Waals surface area contributed by atoms with E-state index in [1.54, 1.807) is 20.3 Å². The first kappa shape index (κ1) is 17.3. The van der Waals surface area contributed by atoms with Crippen LogP contribution in [-0.2, 0) is 14.3 Å². The molecule has 0 radical (unpaired) electrons. The Morgan fingerprint density at radius 2 is 1.64 bits per heavy atom. The number of carboxylic acid groups (broad SMARTS) is 2. The second kappa shape index (κ2) is 6.40. The van der Waals surface area contributed by atoms with Crippen molar-refractivity contribution in [2.45, 2.75) is 31.5 Å². The molecule has 2 heterocycles. The molecule has 0 saturated carbocycles. The fraction of sp³-hybridized carbons (Fsp3) is 0.444. The summed E-state index contributed by atoms with van der Waals surface area (Å²) in [6, 6.07) is 5.52. The summed E-state index contributed by atoms with van der Waals surface area (Å²) in [7, 11) is 3.13. The number of benzene rings is 1. The smallest absolute Gasteiger partial charge is 0.334 e. The van der Waals surface area contributed by atoms with Crippen LogP contribution in [0.25, 0.3) is 0 Å². The molecule has 4 atom stereocenters. The highest BCUT2D eigenvalue weighted by molar-refractivity contribution is 6.01. The van der Waals surface area contributed by atoms with Crippen molar-refractivity contribution in [1.29, 1.82) is 0 Å². The maximum Gasteiger partial charge on any atom is 0.334 e. The van der Waals surface area contributed by atoms with E-state index < -0.39 is 24.1 Å². The summed E-state index contributed by atoms with van der Waals surface area (Å²) in [6.45, 7) is 1.98. The Morgan fingerprint density at radius 3 is 2.12 bits per heavy atom. The quantitative estimate of drug-likeness (QED) is 0.811. The van der Waals surface area contributed by atoms with Crippen LogP contribution in [-0.4, -0.2) is 48.6 Å². The SMILES string of the molecule is COc1cc(OC)cc(C(C)C2CC3OC2C(C(=O)O)=C3C(=O)O)c1. The molecule has 7 heteroatoms. The van der Waals surface area contributed by atoms with Crippen LogP contribution in [0.5, 0.6) is 11.5 Å². The molecular formula is C18H20O7. The monoisotopic (exact) mass is 348 g/mol. The number of aliphatic carboxylic acids is 2. The number of rotatable bonds is 6. The van der Waals surface area contributed by atoms with Gasteiger partial charge in [0.05, 0.1) is 37.6 Å². The number of fused-ring (bicyclic) bond motifs is 2. The van der Waals surface area contributed by atoms with Crippen molar-refractivity contribution in [2.24, 2.45) is 5.92 Å². The van der Waals surface area contributed by atoms with Crippen molar-refractivity contribution >= 4 is 11.9 Å². The van der Waals surface area contributed by atoms with Crippen molar-refractivity contribution in [2.75, 3.05) is 14.2 Å². The summed E-state index contributed by atoms with van der Waals surface area (Å²) >= 11 is 0. The average Bonchev–Trinajstić information content (AvgIpc) is 3.18. The predicted molar refractivity (Wildman–Crippen MR) is 87.0 cm³/mol. The van der Waals surface area contributed by atoms with E-state index in [1.807, 2.05) is 19.1 Å². The Balaban J connectivity index is 1.94. The molecule has 2 bridgehead atoms. The number of carbonyl (C=O) groups is 2. The second-order valence-corrected chi connectivity index (χ2v) is 6.32. The Kier molecular flexibility index (Phi) is 4.43. The molecular weight excluding hydrogens is 328 g/mol. The van der Waals surface area contributed by atoms with Crippen LogP contribution in [0.15, 0.2) is 29.3 Å². The number of ether oxygens (including phenoxy) is 3. The Hall–Kier alpha value is -2.54. The molecule has 2 N–H and O–H groups in total. The maximum atomic E-state index is 11.6. The minimum Gasteiger partial charge on any atom is -0.497 e. The van der Waals surface area contributed by atoms with E-state index in [-0.39, 0.29) is 23.0 Å². The van der Waals surface area contributed by atoms with Crippen molar-refractivity contribution in [1.82, 2.24) is 0 Å². The van der Waals surface area contributed by atoms with Gasteiger partial charge in [-0.1, -0.05) is 6.92 Å². The van der Waals surface area contributed by atoms with Gasteiger partial charge < -0.3 is 24.4 Å². The minimum atomic E-state index is -1.23. The largest absolute Gasteiger partial charge is 0.497 e. The first-order valence-electron chi connectivity index (χ1n) is 7.96. The van der Waals surface area contributed by atoms with Crippen LogP contribution in [0.3, 0.4) is 0 Å². The lowest BCUT2D eigenvalue weighted by atomic mass is 9.75. The summed E-state index contributed by atoms with van der Waals surface area (Å²) in [4.78, 5) is 23.0. The third-order valence-electron chi connectivity index (χ3n) is 5.09. The summed E-state index contributed by atoms with van der Waals surface area (Å²) in [5.41, 5.74) is 0.679. The molecule has 2 aliphatic rings. The first-order chi connectivity index (χ1) is 11.9. The van der Waals surface area contributed by atoms with E-state index in [9.17, 15) is 19.8 Å². The molecule has 3 rings (SSSR count).